The summed E-state index contributed by atoms with van der Waals surface area (Å²) < 4.78 is 5.42. The zero-order valence-electron chi connectivity index (χ0n) is 13.4. The zero-order valence-corrected chi connectivity index (χ0v) is 14.2. The van der Waals surface area contributed by atoms with Gasteiger partial charge in [-0.1, -0.05) is 30.3 Å². The summed E-state index contributed by atoms with van der Waals surface area (Å²) in [6.45, 7) is 1.45. The number of carbonyl (C=O) groups is 1. The minimum atomic E-state index is -1.10. The second-order valence-electron chi connectivity index (χ2n) is 5.96. The van der Waals surface area contributed by atoms with Gasteiger partial charge in [-0.05, 0) is 41.8 Å². The summed E-state index contributed by atoms with van der Waals surface area (Å²) in [5, 5.41) is 19.7. The van der Waals surface area contributed by atoms with Crippen LogP contribution in [0.3, 0.4) is 0 Å². The van der Waals surface area contributed by atoms with E-state index in [1.54, 1.807) is 0 Å². The summed E-state index contributed by atoms with van der Waals surface area (Å²) in [6.07, 6.45) is 1.55. The Bertz CT molecular complexity index is 642. The Morgan fingerprint density at radius 3 is 2.62 bits per heavy atom. The number of ether oxygens (including phenoxy) is 1. The molecule has 0 spiro atoms. The molecule has 1 atom stereocenters. The highest BCUT2D eigenvalue weighted by Gasteiger charge is 2.39. The summed E-state index contributed by atoms with van der Waals surface area (Å²) >= 11 is 1.46. The minimum Gasteiger partial charge on any atom is -0.383 e. The van der Waals surface area contributed by atoms with Crippen molar-refractivity contribution in [3.8, 4) is 0 Å². The number of benzene rings is 1. The van der Waals surface area contributed by atoms with Crippen LogP contribution in [-0.2, 0) is 10.3 Å². The van der Waals surface area contributed by atoms with Gasteiger partial charge in [0.2, 0.25) is 0 Å². The molecule has 2 heterocycles. The van der Waals surface area contributed by atoms with E-state index in [0.717, 1.165) is 23.4 Å². The van der Waals surface area contributed by atoms with Crippen LogP contribution in [0.2, 0.25) is 0 Å². The molecule has 0 bridgehead atoms. The number of rotatable bonds is 5. The first-order chi connectivity index (χ1) is 11.7. The number of urea groups is 1. The van der Waals surface area contributed by atoms with Gasteiger partial charge in [0.1, 0.15) is 5.60 Å². The fraction of sp³-hybridized carbons (Fsp3) is 0.389. The zero-order chi connectivity index (χ0) is 16.8. The average molecular weight is 346 g/mol. The number of thiophene rings is 1. The monoisotopic (exact) mass is 346 g/mol. The van der Waals surface area contributed by atoms with Crippen molar-refractivity contribution in [1.82, 2.24) is 5.32 Å². The van der Waals surface area contributed by atoms with Gasteiger partial charge < -0.3 is 15.2 Å². The topological polar surface area (TPSA) is 70.6 Å². The molecule has 0 radical (unpaired) electrons. The Morgan fingerprint density at radius 2 is 1.96 bits per heavy atom. The first-order valence-corrected chi connectivity index (χ1v) is 9.00. The lowest BCUT2D eigenvalue weighted by Gasteiger charge is -2.39. The van der Waals surface area contributed by atoms with Gasteiger partial charge in [-0.25, -0.2) is 4.79 Å². The Labute approximate surface area is 145 Å². The summed E-state index contributed by atoms with van der Waals surface area (Å²) in [4.78, 5) is 12.1. The van der Waals surface area contributed by atoms with E-state index < -0.39 is 5.60 Å². The first-order valence-electron chi connectivity index (χ1n) is 8.12. The molecule has 3 N–H and O–H groups in total. The van der Waals surface area contributed by atoms with Crippen molar-refractivity contribution in [3.63, 3.8) is 0 Å². The van der Waals surface area contributed by atoms with Gasteiger partial charge in [-0.2, -0.15) is 0 Å². The number of amides is 2. The van der Waals surface area contributed by atoms with E-state index in [0.29, 0.717) is 13.2 Å². The molecule has 1 aromatic carbocycles. The van der Waals surface area contributed by atoms with Crippen LogP contribution in [0.15, 0.2) is 47.8 Å². The van der Waals surface area contributed by atoms with Crippen molar-refractivity contribution in [1.29, 1.82) is 0 Å². The van der Waals surface area contributed by atoms with E-state index >= 15 is 0 Å². The van der Waals surface area contributed by atoms with Crippen molar-refractivity contribution in [3.05, 3.63) is 53.4 Å². The molecule has 2 aromatic rings. The van der Waals surface area contributed by atoms with Crippen LogP contribution in [0.25, 0.3) is 0 Å². The van der Waals surface area contributed by atoms with Crippen molar-refractivity contribution < 1.29 is 14.6 Å². The number of hydrogen-bond donors (Lipinski definition) is 3. The quantitative estimate of drug-likeness (QED) is 0.779. The molecule has 1 aliphatic heterocycles. The number of anilines is 1. The molecule has 1 aliphatic rings. The van der Waals surface area contributed by atoms with Crippen LogP contribution in [0.1, 0.15) is 18.4 Å². The molecule has 1 fully saturated rings. The van der Waals surface area contributed by atoms with E-state index in [4.69, 9.17) is 4.74 Å². The number of nitrogens with one attached hydrogen (secondary N) is 2. The molecule has 0 aliphatic carbocycles. The summed E-state index contributed by atoms with van der Waals surface area (Å²) in [7, 11) is 0. The second kappa shape index (κ2) is 7.79. The van der Waals surface area contributed by atoms with Gasteiger partial charge in [0, 0.05) is 13.2 Å². The van der Waals surface area contributed by atoms with Gasteiger partial charge >= 0.3 is 6.03 Å². The summed E-state index contributed by atoms with van der Waals surface area (Å²) in [5.41, 5.74) is -0.272. The van der Waals surface area contributed by atoms with Crippen LogP contribution < -0.4 is 10.6 Å². The lowest BCUT2D eigenvalue weighted by atomic mass is 9.77. The lowest BCUT2D eigenvalue weighted by Crippen LogP contribution is -2.48. The largest absolute Gasteiger partial charge is 0.383 e. The van der Waals surface area contributed by atoms with Crippen molar-refractivity contribution in [2.45, 2.75) is 18.4 Å². The van der Waals surface area contributed by atoms with Crippen molar-refractivity contribution in [2.75, 3.05) is 25.1 Å². The molecule has 3 rings (SSSR count). The van der Waals surface area contributed by atoms with Crippen molar-refractivity contribution >= 4 is 22.4 Å². The number of hydrogen-bond acceptors (Lipinski definition) is 4. The fourth-order valence-corrected chi connectivity index (χ4v) is 3.72. The molecular weight excluding hydrogens is 324 g/mol. The molecule has 0 saturated carbocycles. The smallest absolute Gasteiger partial charge is 0.319 e. The molecule has 1 aromatic heterocycles. The predicted octanol–water partition coefficient (Wildman–Crippen LogP) is 3.18. The second-order valence-corrected chi connectivity index (χ2v) is 6.91. The molecule has 6 heteroatoms. The van der Waals surface area contributed by atoms with Gasteiger partial charge in [0.15, 0.2) is 0 Å². The number of carbonyl (C=O) groups excluding carboxylic acids is 1. The van der Waals surface area contributed by atoms with Crippen molar-refractivity contribution in [2.24, 2.45) is 5.92 Å². The average Bonchev–Trinajstić information content (AvgIpc) is 3.14. The summed E-state index contributed by atoms with van der Waals surface area (Å²) in [6, 6.07) is 13.0. The van der Waals surface area contributed by atoms with E-state index in [1.807, 2.05) is 47.8 Å². The standard InChI is InChI=1S/C18H22N2O3S/c21-17(20-16-7-4-12-24-16)19-13-18(22,14-5-2-1-3-6-14)15-8-10-23-11-9-15/h1-7,12,15,22H,8-11,13H2,(H2,19,20,21)/t18-/m1/s1. The minimum absolute atomic E-state index is 0.0516. The third kappa shape index (κ3) is 3.95. The van der Waals surface area contributed by atoms with Crippen LogP contribution in [0.5, 0.6) is 0 Å². The third-order valence-corrected chi connectivity index (χ3v) is 5.23. The van der Waals surface area contributed by atoms with Gasteiger partial charge in [-0.3, -0.25) is 5.32 Å². The van der Waals surface area contributed by atoms with Gasteiger partial charge in [-0.15, -0.1) is 11.3 Å². The molecule has 1 saturated heterocycles. The molecule has 128 valence electrons. The van der Waals surface area contributed by atoms with Gasteiger partial charge in [0.05, 0.1) is 11.5 Å². The lowest BCUT2D eigenvalue weighted by molar-refractivity contribution is -0.0674. The highest BCUT2D eigenvalue weighted by molar-refractivity contribution is 7.14. The Kier molecular flexibility index (Phi) is 5.50. The molecule has 2 amide bonds. The Balaban J connectivity index is 1.71. The third-order valence-electron chi connectivity index (χ3n) is 4.45. The Morgan fingerprint density at radius 1 is 1.21 bits per heavy atom. The normalized spacial score (nSPS) is 17.9. The summed E-state index contributed by atoms with van der Waals surface area (Å²) in [5.74, 6) is 0.0516. The maximum atomic E-state index is 12.1. The first kappa shape index (κ1) is 17.0. The Hall–Kier alpha value is -1.89. The van der Waals surface area contributed by atoms with E-state index in [1.165, 1.54) is 11.3 Å². The molecule has 5 nitrogen and oxygen atoms in total. The molecular formula is C18H22N2O3S. The van der Waals surface area contributed by atoms with Crippen LogP contribution in [0.4, 0.5) is 9.80 Å². The SMILES string of the molecule is O=C(NC[C@@](O)(c1ccccc1)C1CCOCC1)Nc1cccs1. The maximum absolute atomic E-state index is 12.1. The molecule has 24 heavy (non-hydrogen) atoms. The number of aliphatic hydroxyl groups is 1. The fourth-order valence-electron chi connectivity index (χ4n) is 3.10. The van der Waals surface area contributed by atoms with Gasteiger partial charge in [0.25, 0.3) is 0 Å². The molecule has 0 unspecified atom stereocenters. The predicted molar refractivity (Wildman–Crippen MR) is 95.2 cm³/mol. The van der Waals surface area contributed by atoms with Crippen LogP contribution in [-0.4, -0.2) is 30.9 Å². The van der Waals surface area contributed by atoms with E-state index in [2.05, 4.69) is 10.6 Å². The van der Waals surface area contributed by atoms with Crippen LogP contribution >= 0.6 is 11.3 Å². The maximum Gasteiger partial charge on any atom is 0.319 e. The highest BCUT2D eigenvalue weighted by atomic mass is 32.1. The highest BCUT2D eigenvalue weighted by Crippen LogP contribution is 2.35. The van der Waals surface area contributed by atoms with E-state index in [9.17, 15) is 9.90 Å². The van der Waals surface area contributed by atoms with Crippen LogP contribution in [0, 0.1) is 5.92 Å². The van der Waals surface area contributed by atoms with E-state index in [-0.39, 0.29) is 18.5 Å².